The van der Waals surface area contributed by atoms with Gasteiger partial charge in [-0.15, -0.1) is 0 Å². The third-order valence-corrected chi connectivity index (χ3v) is 5.55. The van der Waals surface area contributed by atoms with Crippen LogP contribution in [0.1, 0.15) is 27.2 Å². The second kappa shape index (κ2) is 6.37. The molecular weight excluding hydrogens is 338 g/mol. The molecule has 0 saturated carbocycles. The van der Waals surface area contributed by atoms with E-state index in [1.165, 1.54) is 10.4 Å². The Morgan fingerprint density at radius 1 is 1.39 bits per heavy atom. The molecule has 18 heavy (non-hydrogen) atoms. The standard InChI is InChI=1S/C12H17BrClNO2S/c1-4-7-15(9(2)3)18(16,17)12-6-5-10(13)8-11(12)14/h5-6,8-9H,4,7H2,1-3H3. The van der Waals surface area contributed by atoms with Gasteiger partial charge >= 0.3 is 0 Å². The van der Waals surface area contributed by atoms with Crippen LogP contribution in [-0.4, -0.2) is 25.3 Å². The summed E-state index contributed by atoms with van der Waals surface area (Å²) >= 11 is 9.29. The molecule has 0 aromatic heterocycles. The number of rotatable bonds is 5. The van der Waals surface area contributed by atoms with Crippen molar-refractivity contribution in [1.82, 2.24) is 4.31 Å². The predicted octanol–water partition coefficient (Wildman–Crippen LogP) is 3.91. The Hall–Kier alpha value is -0.100. The molecule has 0 N–H and O–H groups in total. The maximum atomic E-state index is 12.5. The van der Waals surface area contributed by atoms with E-state index in [9.17, 15) is 8.42 Å². The smallest absolute Gasteiger partial charge is 0.207 e. The number of nitrogens with zero attached hydrogens (tertiary/aromatic N) is 1. The fraction of sp³-hybridized carbons (Fsp3) is 0.500. The molecule has 0 spiro atoms. The molecule has 0 atom stereocenters. The van der Waals surface area contributed by atoms with Crippen molar-refractivity contribution in [2.75, 3.05) is 6.54 Å². The monoisotopic (exact) mass is 353 g/mol. The SMILES string of the molecule is CCCN(C(C)C)S(=O)(=O)c1ccc(Br)cc1Cl. The zero-order chi connectivity index (χ0) is 13.9. The number of hydrogen-bond acceptors (Lipinski definition) is 2. The first kappa shape index (κ1) is 16.0. The number of benzene rings is 1. The Morgan fingerprint density at radius 3 is 2.44 bits per heavy atom. The molecule has 0 amide bonds. The molecule has 0 aliphatic rings. The van der Waals surface area contributed by atoms with Crippen molar-refractivity contribution in [3.8, 4) is 0 Å². The van der Waals surface area contributed by atoms with E-state index in [4.69, 9.17) is 11.6 Å². The Kier molecular flexibility index (Phi) is 5.65. The first-order chi connectivity index (χ1) is 8.30. The van der Waals surface area contributed by atoms with E-state index >= 15 is 0 Å². The number of hydrogen-bond donors (Lipinski definition) is 0. The van der Waals surface area contributed by atoms with E-state index in [0.717, 1.165) is 10.9 Å². The maximum absolute atomic E-state index is 12.5. The van der Waals surface area contributed by atoms with Crippen LogP contribution in [0.25, 0.3) is 0 Å². The van der Waals surface area contributed by atoms with Crippen LogP contribution in [0, 0.1) is 0 Å². The van der Waals surface area contributed by atoms with Gasteiger partial charge in [-0.25, -0.2) is 8.42 Å². The lowest BCUT2D eigenvalue weighted by molar-refractivity contribution is 0.354. The van der Waals surface area contributed by atoms with E-state index in [2.05, 4.69) is 15.9 Å². The van der Waals surface area contributed by atoms with Crippen molar-refractivity contribution in [3.05, 3.63) is 27.7 Å². The lowest BCUT2D eigenvalue weighted by Gasteiger charge is -2.25. The normalized spacial score (nSPS) is 12.4. The van der Waals surface area contributed by atoms with Gasteiger partial charge in [-0.3, -0.25) is 0 Å². The van der Waals surface area contributed by atoms with Crippen molar-refractivity contribution >= 4 is 37.6 Å². The molecular formula is C12H17BrClNO2S. The summed E-state index contributed by atoms with van der Waals surface area (Å²) in [5.74, 6) is 0. The minimum absolute atomic E-state index is 0.0883. The molecule has 0 fully saturated rings. The van der Waals surface area contributed by atoms with E-state index < -0.39 is 10.0 Å². The fourth-order valence-corrected chi connectivity index (χ4v) is 4.43. The van der Waals surface area contributed by atoms with Gasteiger partial charge in [-0.05, 0) is 38.5 Å². The van der Waals surface area contributed by atoms with E-state index in [0.29, 0.717) is 6.54 Å². The van der Waals surface area contributed by atoms with Crippen LogP contribution >= 0.6 is 27.5 Å². The largest absolute Gasteiger partial charge is 0.244 e. The van der Waals surface area contributed by atoms with Gasteiger partial charge in [0.1, 0.15) is 4.90 Å². The van der Waals surface area contributed by atoms with Crippen molar-refractivity contribution in [1.29, 1.82) is 0 Å². The highest BCUT2D eigenvalue weighted by atomic mass is 79.9. The predicted molar refractivity (Wildman–Crippen MR) is 78.5 cm³/mol. The van der Waals surface area contributed by atoms with Gasteiger partial charge in [0.15, 0.2) is 0 Å². The van der Waals surface area contributed by atoms with Crippen LogP contribution in [0.2, 0.25) is 5.02 Å². The summed E-state index contributed by atoms with van der Waals surface area (Å²) in [6, 6.07) is 4.73. The molecule has 0 aliphatic carbocycles. The zero-order valence-electron chi connectivity index (χ0n) is 10.7. The van der Waals surface area contributed by atoms with Gasteiger partial charge in [0, 0.05) is 17.1 Å². The van der Waals surface area contributed by atoms with Crippen LogP contribution in [0.5, 0.6) is 0 Å². The molecule has 102 valence electrons. The Bertz CT molecular complexity index is 517. The highest BCUT2D eigenvalue weighted by molar-refractivity contribution is 9.10. The molecule has 0 saturated heterocycles. The Labute approximate surface area is 122 Å². The summed E-state index contributed by atoms with van der Waals surface area (Å²) in [6.07, 6.45) is 0.769. The fourth-order valence-electron chi connectivity index (χ4n) is 1.69. The van der Waals surface area contributed by atoms with E-state index in [1.54, 1.807) is 12.1 Å². The molecule has 1 aromatic rings. The third kappa shape index (κ3) is 3.47. The minimum Gasteiger partial charge on any atom is -0.207 e. The topological polar surface area (TPSA) is 37.4 Å². The van der Waals surface area contributed by atoms with E-state index in [1.807, 2.05) is 20.8 Å². The lowest BCUT2D eigenvalue weighted by atomic mass is 10.4. The lowest BCUT2D eigenvalue weighted by Crippen LogP contribution is -2.37. The van der Waals surface area contributed by atoms with Crippen LogP contribution in [0.15, 0.2) is 27.6 Å². The highest BCUT2D eigenvalue weighted by Crippen LogP contribution is 2.28. The average Bonchev–Trinajstić information content (AvgIpc) is 2.24. The van der Waals surface area contributed by atoms with Gasteiger partial charge in [0.2, 0.25) is 10.0 Å². The van der Waals surface area contributed by atoms with Crippen LogP contribution in [-0.2, 0) is 10.0 Å². The van der Waals surface area contributed by atoms with Gasteiger partial charge in [0.05, 0.1) is 5.02 Å². The van der Waals surface area contributed by atoms with Gasteiger partial charge in [-0.1, -0.05) is 34.5 Å². The molecule has 1 aromatic carbocycles. The van der Waals surface area contributed by atoms with Crippen molar-refractivity contribution in [2.24, 2.45) is 0 Å². The molecule has 1 rings (SSSR count). The summed E-state index contributed by atoms with van der Waals surface area (Å²) in [5, 5.41) is 0.242. The van der Waals surface area contributed by atoms with Gasteiger partial charge in [0.25, 0.3) is 0 Å². The Balaban J connectivity index is 3.26. The van der Waals surface area contributed by atoms with E-state index in [-0.39, 0.29) is 16.0 Å². The third-order valence-electron chi connectivity index (χ3n) is 2.50. The van der Waals surface area contributed by atoms with Gasteiger partial charge in [-0.2, -0.15) is 4.31 Å². The van der Waals surface area contributed by atoms with Crippen LogP contribution in [0.3, 0.4) is 0 Å². The molecule has 0 unspecified atom stereocenters. The first-order valence-corrected chi connectivity index (χ1v) is 8.38. The number of halogens is 2. The summed E-state index contributed by atoms with van der Waals surface area (Å²) in [6.45, 7) is 6.17. The molecule has 6 heteroatoms. The summed E-state index contributed by atoms with van der Waals surface area (Å²) in [5.41, 5.74) is 0. The minimum atomic E-state index is -3.53. The highest BCUT2D eigenvalue weighted by Gasteiger charge is 2.28. The van der Waals surface area contributed by atoms with Crippen molar-refractivity contribution in [2.45, 2.75) is 38.1 Å². The molecule has 0 aliphatic heterocycles. The van der Waals surface area contributed by atoms with Gasteiger partial charge < -0.3 is 0 Å². The average molecular weight is 355 g/mol. The van der Waals surface area contributed by atoms with Crippen molar-refractivity contribution < 1.29 is 8.42 Å². The Morgan fingerprint density at radius 2 is 2.00 bits per heavy atom. The molecule has 0 radical (unpaired) electrons. The van der Waals surface area contributed by atoms with Crippen molar-refractivity contribution in [3.63, 3.8) is 0 Å². The second-order valence-electron chi connectivity index (χ2n) is 4.28. The quantitative estimate of drug-likeness (QED) is 0.804. The molecule has 3 nitrogen and oxygen atoms in total. The summed E-state index contributed by atoms with van der Waals surface area (Å²) < 4.78 is 27.3. The number of sulfonamides is 1. The van der Waals surface area contributed by atoms with Crippen LogP contribution in [0.4, 0.5) is 0 Å². The summed E-state index contributed by atoms with van der Waals surface area (Å²) in [7, 11) is -3.53. The maximum Gasteiger partial charge on any atom is 0.244 e. The zero-order valence-corrected chi connectivity index (χ0v) is 13.8. The second-order valence-corrected chi connectivity index (χ2v) is 7.47. The molecule has 0 bridgehead atoms. The first-order valence-electron chi connectivity index (χ1n) is 5.77. The summed E-state index contributed by atoms with van der Waals surface area (Å²) in [4.78, 5) is 0.162. The van der Waals surface area contributed by atoms with Crippen LogP contribution < -0.4 is 0 Å². The molecule has 0 heterocycles.